The number of aryl methyl sites for hydroxylation is 1. The molecule has 0 saturated carbocycles. The number of urea groups is 2. The van der Waals surface area contributed by atoms with Gasteiger partial charge in [-0.3, -0.25) is 0 Å². The van der Waals surface area contributed by atoms with Crippen LogP contribution in [0.25, 0.3) is 0 Å². The van der Waals surface area contributed by atoms with Crippen LogP contribution in [0.15, 0.2) is 22.7 Å². The topological polar surface area (TPSA) is 126 Å². The van der Waals surface area contributed by atoms with Crippen molar-refractivity contribution in [3.63, 3.8) is 0 Å². The van der Waals surface area contributed by atoms with E-state index >= 15 is 0 Å². The van der Waals surface area contributed by atoms with E-state index in [4.69, 9.17) is 10.3 Å². The Hall–Kier alpha value is -3.17. The first-order valence-corrected chi connectivity index (χ1v) is 7.14. The van der Waals surface area contributed by atoms with E-state index < -0.39 is 11.8 Å². The monoisotopic (exact) mass is 334 g/mol. The molecule has 0 atom stereocenters. The van der Waals surface area contributed by atoms with Crippen molar-refractivity contribution in [2.45, 2.75) is 12.8 Å². The first-order valence-electron chi connectivity index (χ1n) is 7.14. The van der Waals surface area contributed by atoms with Crippen LogP contribution in [-0.4, -0.2) is 40.2 Å². The third-order valence-electron chi connectivity index (χ3n) is 3.54. The summed E-state index contributed by atoms with van der Waals surface area (Å²) in [4.78, 5) is 28.6. The van der Waals surface area contributed by atoms with Gasteiger partial charge in [0.15, 0.2) is 5.82 Å². The maximum Gasteiger partial charge on any atom is 0.321 e. The van der Waals surface area contributed by atoms with Crippen LogP contribution in [0.4, 0.5) is 25.4 Å². The van der Waals surface area contributed by atoms with Gasteiger partial charge >= 0.3 is 12.1 Å². The summed E-state index contributed by atoms with van der Waals surface area (Å²) >= 11 is 0. The third-order valence-corrected chi connectivity index (χ3v) is 3.54. The lowest BCUT2D eigenvalue weighted by Gasteiger charge is -2.36. The van der Waals surface area contributed by atoms with Crippen LogP contribution in [0, 0.1) is 12.7 Å². The minimum atomic E-state index is -0.891. The zero-order valence-corrected chi connectivity index (χ0v) is 12.7. The summed E-state index contributed by atoms with van der Waals surface area (Å²) in [6.45, 7) is 2.62. The Bertz CT molecular complexity index is 787. The number of amides is 4. The average Bonchev–Trinajstić information content (AvgIpc) is 2.86. The number of benzene rings is 1. The second kappa shape index (κ2) is 6.14. The fourth-order valence-corrected chi connectivity index (χ4v) is 2.31. The smallest absolute Gasteiger partial charge is 0.321 e. The van der Waals surface area contributed by atoms with Crippen molar-refractivity contribution in [1.29, 1.82) is 0 Å². The fraction of sp³-hybridized carbons (Fsp3) is 0.286. The van der Waals surface area contributed by atoms with Gasteiger partial charge in [-0.25, -0.2) is 14.0 Å². The number of anilines is 2. The van der Waals surface area contributed by atoms with Gasteiger partial charge < -0.3 is 25.8 Å². The van der Waals surface area contributed by atoms with Crippen LogP contribution >= 0.6 is 0 Å². The zero-order chi connectivity index (χ0) is 17.3. The molecule has 126 valence electrons. The highest BCUT2D eigenvalue weighted by molar-refractivity contribution is 5.92. The molecule has 10 heteroatoms. The number of rotatable bonds is 3. The first kappa shape index (κ1) is 15.7. The molecule has 0 aliphatic carbocycles. The van der Waals surface area contributed by atoms with Gasteiger partial charge in [0.05, 0.1) is 11.6 Å². The summed E-state index contributed by atoms with van der Waals surface area (Å²) in [5.74, 6) is 0.416. The number of hydrogen-bond donors (Lipinski definition) is 3. The number of carbonyl (C=O) groups is 2. The molecule has 3 rings (SSSR count). The number of nitrogens with one attached hydrogen (secondary N) is 2. The van der Waals surface area contributed by atoms with Gasteiger partial charge in [-0.2, -0.15) is 4.98 Å². The van der Waals surface area contributed by atoms with Crippen LogP contribution in [0.5, 0.6) is 0 Å². The Morgan fingerprint density at radius 1 is 1.38 bits per heavy atom. The number of hydrogen-bond acceptors (Lipinski definition) is 5. The zero-order valence-electron chi connectivity index (χ0n) is 12.7. The molecule has 1 aliphatic rings. The molecular weight excluding hydrogens is 319 g/mol. The minimum Gasteiger partial charge on any atom is -0.351 e. The lowest BCUT2D eigenvalue weighted by Crippen LogP contribution is -2.50. The van der Waals surface area contributed by atoms with Crippen molar-refractivity contribution in [3.05, 3.63) is 35.7 Å². The first-order chi connectivity index (χ1) is 11.4. The van der Waals surface area contributed by atoms with Crippen LogP contribution in [0.3, 0.4) is 0 Å². The van der Waals surface area contributed by atoms with E-state index in [2.05, 4.69) is 20.8 Å². The predicted octanol–water partition coefficient (Wildman–Crippen LogP) is 1.64. The van der Waals surface area contributed by atoms with Gasteiger partial charge in [-0.15, -0.1) is 0 Å². The number of halogens is 1. The predicted molar refractivity (Wildman–Crippen MR) is 82.0 cm³/mol. The molecule has 1 saturated heterocycles. The molecule has 24 heavy (non-hydrogen) atoms. The van der Waals surface area contributed by atoms with Gasteiger partial charge in [0.1, 0.15) is 5.82 Å². The summed E-state index contributed by atoms with van der Waals surface area (Å²) in [6.07, 6.45) is 0. The number of primary amides is 1. The van der Waals surface area contributed by atoms with E-state index in [1.54, 1.807) is 11.8 Å². The van der Waals surface area contributed by atoms with E-state index in [0.29, 0.717) is 30.5 Å². The highest BCUT2D eigenvalue weighted by atomic mass is 19.1. The van der Waals surface area contributed by atoms with Crippen molar-refractivity contribution in [2.24, 2.45) is 5.73 Å². The second-order valence-electron chi connectivity index (χ2n) is 5.40. The van der Waals surface area contributed by atoms with E-state index in [1.807, 2.05) is 0 Å². The van der Waals surface area contributed by atoms with Crippen molar-refractivity contribution in [2.75, 3.05) is 23.7 Å². The molecule has 9 nitrogen and oxygen atoms in total. The van der Waals surface area contributed by atoms with Gasteiger partial charge in [-0.1, -0.05) is 5.16 Å². The lowest BCUT2D eigenvalue weighted by molar-refractivity contribution is 0.147. The number of nitrogens with zero attached hydrogens (tertiary/aromatic N) is 3. The minimum absolute atomic E-state index is 0.0113. The lowest BCUT2D eigenvalue weighted by atomic mass is 10.0. The maximum absolute atomic E-state index is 13.5. The van der Waals surface area contributed by atoms with E-state index in [0.717, 1.165) is 6.07 Å². The Kier molecular flexibility index (Phi) is 4.02. The molecule has 1 aromatic carbocycles. The molecule has 2 heterocycles. The second-order valence-corrected chi connectivity index (χ2v) is 5.40. The van der Waals surface area contributed by atoms with Crippen LogP contribution in [0.1, 0.15) is 17.6 Å². The summed E-state index contributed by atoms with van der Waals surface area (Å²) in [7, 11) is 0. The Morgan fingerprint density at radius 3 is 2.75 bits per heavy atom. The van der Waals surface area contributed by atoms with Gasteiger partial charge in [-0.05, 0) is 25.1 Å². The Balaban J connectivity index is 1.59. The maximum atomic E-state index is 13.5. The molecule has 2 aromatic rings. The van der Waals surface area contributed by atoms with Gasteiger partial charge in [0.25, 0.3) is 0 Å². The highest BCUT2D eigenvalue weighted by Crippen LogP contribution is 2.27. The van der Waals surface area contributed by atoms with Gasteiger partial charge in [0, 0.05) is 18.8 Å². The van der Waals surface area contributed by atoms with Crippen molar-refractivity contribution in [1.82, 2.24) is 15.0 Å². The highest BCUT2D eigenvalue weighted by Gasteiger charge is 2.35. The van der Waals surface area contributed by atoms with Crippen LogP contribution in [-0.2, 0) is 0 Å². The SMILES string of the molecule is Cc1noc(C2CN(C(=O)Nc3ccc(F)c(NC(N)=O)c3)C2)n1. The molecule has 0 bridgehead atoms. The molecule has 1 aromatic heterocycles. The molecular formula is C14H15FN6O3. The van der Waals surface area contributed by atoms with E-state index in [1.165, 1.54) is 12.1 Å². The number of aromatic nitrogens is 2. The number of nitrogens with two attached hydrogens (primary N) is 1. The molecule has 0 radical (unpaired) electrons. The molecule has 0 unspecified atom stereocenters. The van der Waals surface area contributed by atoms with Crippen LogP contribution in [0.2, 0.25) is 0 Å². The molecule has 4 amide bonds. The average molecular weight is 334 g/mol. The quantitative estimate of drug-likeness (QED) is 0.786. The largest absolute Gasteiger partial charge is 0.351 e. The molecule has 1 fully saturated rings. The summed E-state index contributed by atoms with van der Waals surface area (Å²) in [6, 6.07) is 2.56. The number of likely N-dealkylation sites (tertiary alicyclic amines) is 1. The van der Waals surface area contributed by atoms with E-state index in [9.17, 15) is 14.0 Å². The molecule has 0 spiro atoms. The van der Waals surface area contributed by atoms with Crippen LogP contribution < -0.4 is 16.4 Å². The van der Waals surface area contributed by atoms with Crippen molar-refractivity contribution < 1.29 is 18.5 Å². The third kappa shape index (κ3) is 3.26. The number of carbonyl (C=O) groups excluding carboxylic acids is 2. The Morgan fingerprint density at radius 2 is 2.12 bits per heavy atom. The van der Waals surface area contributed by atoms with E-state index in [-0.39, 0.29) is 17.6 Å². The molecule has 4 N–H and O–H groups in total. The van der Waals surface area contributed by atoms with Gasteiger partial charge in [0.2, 0.25) is 5.89 Å². The van der Waals surface area contributed by atoms with Crippen molar-refractivity contribution >= 4 is 23.4 Å². The van der Waals surface area contributed by atoms with Crippen molar-refractivity contribution in [3.8, 4) is 0 Å². The normalized spacial score (nSPS) is 14.2. The summed E-state index contributed by atoms with van der Waals surface area (Å²) in [5.41, 5.74) is 5.19. The summed E-state index contributed by atoms with van der Waals surface area (Å²) < 4.78 is 18.6. The fourth-order valence-electron chi connectivity index (χ4n) is 2.31. The standard InChI is InChI=1S/C14H15FN6O3/c1-7-17-12(24-20-7)8-5-21(6-8)14(23)18-9-2-3-10(15)11(4-9)19-13(16)22/h2-4,8H,5-6H2,1H3,(H,18,23)(H3,16,19,22). The molecule has 1 aliphatic heterocycles. The summed E-state index contributed by atoms with van der Waals surface area (Å²) in [5, 5.41) is 8.48. The Labute approximate surface area is 136 Å².